The third-order valence-electron chi connectivity index (χ3n) is 1.34. The fraction of sp³-hybridized carbons (Fsp3) is 0.250. The SMILES string of the molecule is CC[P+](=O)Oc1cc(O)cc(O)c1. The van der Waals surface area contributed by atoms with Crippen LogP contribution >= 0.6 is 8.03 Å². The van der Waals surface area contributed by atoms with Gasteiger partial charge in [0.15, 0.2) is 11.9 Å². The Morgan fingerprint density at radius 3 is 2.31 bits per heavy atom. The molecular formula is C8H10O4P+. The van der Waals surface area contributed by atoms with Gasteiger partial charge in [-0.3, -0.25) is 4.52 Å². The molecule has 1 unspecified atom stereocenters. The lowest BCUT2D eigenvalue weighted by Gasteiger charge is -1.96. The molecule has 0 aliphatic heterocycles. The molecule has 1 aromatic rings. The second-order valence-electron chi connectivity index (χ2n) is 2.43. The van der Waals surface area contributed by atoms with Gasteiger partial charge in [-0.25, -0.2) is 0 Å². The fourth-order valence-electron chi connectivity index (χ4n) is 0.803. The molecule has 1 rings (SSSR count). The quantitative estimate of drug-likeness (QED) is 0.736. The highest BCUT2D eigenvalue weighted by Crippen LogP contribution is 2.32. The normalized spacial score (nSPS) is 11.0. The van der Waals surface area contributed by atoms with Gasteiger partial charge in [0.05, 0.1) is 0 Å². The Kier molecular flexibility index (Phi) is 3.09. The van der Waals surface area contributed by atoms with Crippen molar-refractivity contribution in [1.29, 1.82) is 0 Å². The highest BCUT2D eigenvalue weighted by Gasteiger charge is 2.15. The first kappa shape index (κ1) is 9.81. The maximum absolute atomic E-state index is 11.0. The van der Waals surface area contributed by atoms with Gasteiger partial charge in [0.25, 0.3) is 0 Å². The topological polar surface area (TPSA) is 66.8 Å². The van der Waals surface area contributed by atoms with E-state index >= 15 is 0 Å². The molecule has 0 saturated heterocycles. The molecule has 0 amide bonds. The first-order valence-corrected chi connectivity index (χ1v) is 5.13. The molecule has 1 atom stereocenters. The van der Waals surface area contributed by atoms with Crippen molar-refractivity contribution < 1.29 is 19.3 Å². The van der Waals surface area contributed by atoms with E-state index in [1.807, 2.05) is 0 Å². The summed E-state index contributed by atoms with van der Waals surface area (Å²) in [5.41, 5.74) is 0. The summed E-state index contributed by atoms with van der Waals surface area (Å²) >= 11 is 0. The van der Waals surface area contributed by atoms with Crippen LogP contribution in [0.2, 0.25) is 0 Å². The number of phenols is 2. The van der Waals surface area contributed by atoms with Crippen molar-refractivity contribution in [2.45, 2.75) is 6.92 Å². The standard InChI is InChI=1S/C8H9O4P/c1-2-13(11)12-8-4-6(9)3-7(10)5-8/h3-5H,2H2,1H3,(H-,9,10)/p+1. The summed E-state index contributed by atoms with van der Waals surface area (Å²) in [6.45, 7) is 1.72. The first-order valence-electron chi connectivity index (χ1n) is 3.77. The van der Waals surface area contributed by atoms with Crippen molar-refractivity contribution in [3.63, 3.8) is 0 Å². The minimum atomic E-state index is -1.75. The van der Waals surface area contributed by atoms with Crippen LogP contribution in [-0.4, -0.2) is 16.4 Å². The van der Waals surface area contributed by atoms with Gasteiger partial charge in [0.2, 0.25) is 0 Å². The van der Waals surface area contributed by atoms with Crippen LogP contribution in [0.15, 0.2) is 18.2 Å². The first-order chi connectivity index (χ1) is 6.11. The molecule has 13 heavy (non-hydrogen) atoms. The van der Waals surface area contributed by atoms with E-state index in [2.05, 4.69) is 0 Å². The van der Waals surface area contributed by atoms with E-state index < -0.39 is 8.03 Å². The summed E-state index contributed by atoms with van der Waals surface area (Å²) in [4.78, 5) is 0. The molecule has 0 aliphatic carbocycles. The smallest absolute Gasteiger partial charge is 0.508 e. The Balaban J connectivity index is 2.83. The highest BCUT2D eigenvalue weighted by molar-refractivity contribution is 7.39. The van der Waals surface area contributed by atoms with E-state index in [1.54, 1.807) is 6.92 Å². The minimum absolute atomic E-state index is 0.116. The molecule has 0 heterocycles. The lowest BCUT2D eigenvalue weighted by atomic mass is 10.3. The van der Waals surface area contributed by atoms with Crippen LogP contribution in [0.5, 0.6) is 17.2 Å². The molecule has 4 nitrogen and oxygen atoms in total. The summed E-state index contributed by atoms with van der Waals surface area (Å²) in [6.07, 6.45) is 0.395. The third kappa shape index (κ3) is 2.92. The van der Waals surface area contributed by atoms with Gasteiger partial charge in [-0.05, 0) is 11.5 Å². The van der Waals surface area contributed by atoms with E-state index in [9.17, 15) is 4.57 Å². The second-order valence-corrected chi connectivity index (χ2v) is 3.91. The van der Waals surface area contributed by atoms with Gasteiger partial charge in [-0.2, -0.15) is 0 Å². The van der Waals surface area contributed by atoms with Gasteiger partial charge in [0.1, 0.15) is 11.5 Å². The molecule has 0 aromatic heterocycles. The fourth-order valence-corrected chi connectivity index (χ4v) is 1.27. The number of hydrogen-bond acceptors (Lipinski definition) is 4. The average Bonchev–Trinajstić information content (AvgIpc) is 2.02. The highest BCUT2D eigenvalue weighted by atomic mass is 31.1. The summed E-state index contributed by atoms with van der Waals surface area (Å²) in [5, 5.41) is 18.1. The van der Waals surface area contributed by atoms with Crippen LogP contribution in [0.3, 0.4) is 0 Å². The van der Waals surface area contributed by atoms with Crippen LogP contribution < -0.4 is 4.52 Å². The van der Waals surface area contributed by atoms with Gasteiger partial charge < -0.3 is 10.2 Å². The lowest BCUT2D eigenvalue weighted by molar-refractivity contribution is 0.442. The Morgan fingerprint density at radius 1 is 1.31 bits per heavy atom. The molecule has 0 spiro atoms. The molecule has 5 heteroatoms. The van der Waals surface area contributed by atoms with Crippen LogP contribution in [0.25, 0.3) is 0 Å². The summed E-state index contributed by atoms with van der Waals surface area (Å²) in [6, 6.07) is 3.76. The molecule has 0 aliphatic rings. The Hall–Kier alpha value is -1.28. The average molecular weight is 201 g/mol. The Bertz CT molecular complexity index is 304. The van der Waals surface area contributed by atoms with Crippen molar-refractivity contribution in [2.75, 3.05) is 6.16 Å². The van der Waals surface area contributed by atoms with Crippen molar-refractivity contribution in [1.82, 2.24) is 0 Å². The second kappa shape index (κ2) is 4.10. The van der Waals surface area contributed by atoms with Crippen molar-refractivity contribution >= 4 is 8.03 Å². The number of rotatable bonds is 3. The molecule has 0 radical (unpaired) electrons. The zero-order valence-electron chi connectivity index (χ0n) is 7.10. The Morgan fingerprint density at radius 2 is 1.85 bits per heavy atom. The third-order valence-corrected chi connectivity index (χ3v) is 2.27. The minimum Gasteiger partial charge on any atom is -0.508 e. The maximum atomic E-state index is 11.0. The molecule has 70 valence electrons. The zero-order chi connectivity index (χ0) is 9.84. The van der Waals surface area contributed by atoms with Crippen LogP contribution in [0.4, 0.5) is 0 Å². The maximum Gasteiger partial charge on any atom is 0.555 e. The lowest BCUT2D eigenvalue weighted by Crippen LogP contribution is -1.82. The summed E-state index contributed by atoms with van der Waals surface area (Å²) in [5.74, 6) is -0.0236. The van der Waals surface area contributed by atoms with E-state index in [-0.39, 0.29) is 17.2 Å². The predicted octanol–water partition coefficient (Wildman–Crippen LogP) is 2.24. The number of aromatic hydroxyl groups is 2. The van der Waals surface area contributed by atoms with Gasteiger partial charge in [0, 0.05) is 18.2 Å². The van der Waals surface area contributed by atoms with Crippen molar-refractivity contribution in [3.05, 3.63) is 18.2 Å². The molecule has 0 saturated carbocycles. The van der Waals surface area contributed by atoms with E-state index in [0.717, 1.165) is 0 Å². The van der Waals surface area contributed by atoms with Crippen molar-refractivity contribution in [2.24, 2.45) is 0 Å². The molecular weight excluding hydrogens is 191 g/mol. The van der Waals surface area contributed by atoms with Crippen LogP contribution in [0, 0.1) is 0 Å². The molecule has 0 fully saturated rings. The molecule has 1 aromatic carbocycles. The van der Waals surface area contributed by atoms with Crippen LogP contribution in [-0.2, 0) is 4.57 Å². The van der Waals surface area contributed by atoms with E-state index in [1.165, 1.54) is 18.2 Å². The largest absolute Gasteiger partial charge is 0.555 e. The van der Waals surface area contributed by atoms with Crippen LogP contribution in [0.1, 0.15) is 6.92 Å². The predicted molar refractivity (Wildman–Crippen MR) is 48.5 cm³/mol. The van der Waals surface area contributed by atoms with Gasteiger partial charge in [-0.1, -0.05) is 0 Å². The van der Waals surface area contributed by atoms with E-state index in [0.29, 0.717) is 6.16 Å². The Labute approximate surface area is 76.7 Å². The van der Waals surface area contributed by atoms with Crippen molar-refractivity contribution in [3.8, 4) is 17.2 Å². The van der Waals surface area contributed by atoms with Gasteiger partial charge >= 0.3 is 8.03 Å². The monoisotopic (exact) mass is 201 g/mol. The molecule has 2 N–H and O–H groups in total. The number of benzene rings is 1. The van der Waals surface area contributed by atoms with Gasteiger partial charge in [-0.15, -0.1) is 0 Å². The van der Waals surface area contributed by atoms with E-state index in [4.69, 9.17) is 14.7 Å². The number of hydrogen-bond donors (Lipinski definition) is 2. The summed E-state index contributed by atoms with van der Waals surface area (Å²) in [7, 11) is -1.75. The molecule has 0 bridgehead atoms. The number of phenolic OH excluding ortho intramolecular Hbond substituents is 2. The summed E-state index contributed by atoms with van der Waals surface area (Å²) < 4.78 is 15.9. The zero-order valence-corrected chi connectivity index (χ0v) is 7.99.